The van der Waals surface area contributed by atoms with Crippen LogP contribution in [0.3, 0.4) is 0 Å². The fourth-order valence-electron chi connectivity index (χ4n) is 3.31. The van der Waals surface area contributed by atoms with Gasteiger partial charge in [0.15, 0.2) is 5.76 Å². The Kier molecular flexibility index (Phi) is 6.07. The first-order valence-electron chi connectivity index (χ1n) is 10.1. The molecule has 2 heterocycles. The lowest BCUT2D eigenvalue weighted by Gasteiger charge is -2.10. The van der Waals surface area contributed by atoms with E-state index in [0.717, 1.165) is 5.69 Å². The van der Waals surface area contributed by atoms with Gasteiger partial charge in [0.1, 0.15) is 23.9 Å². The molecule has 0 fully saturated rings. The predicted octanol–water partition coefficient (Wildman–Crippen LogP) is 4.74. The van der Waals surface area contributed by atoms with Crippen molar-refractivity contribution in [1.82, 2.24) is 9.99 Å². The first-order chi connectivity index (χ1) is 15.5. The molecule has 0 unspecified atom stereocenters. The van der Waals surface area contributed by atoms with Gasteiger partial charge in [0, 0.05) is 22.6 Å². The van der Waals surface area contributed by atoms with Crippen LogP contribution >= 0.6 is 0 Å². The Labute approximate surface area is 185 Å². The summed E-state index contributed by atoms with van der Waals surface area (Å²) in [6.07, 6.45) is 1.36. The molecule has 2 N–H and O–H groups in total. The molecule has 32 heavy (non-hydrogen) atoms. The number of carbonyl (C=O) groups excluding carboxylic acids is 1. The van der Waals surface area contributed by atoms with E-state index in [4.69, 9.17) is 9.15 Å². The van der Waals surface area contributed by atoms with E-state index < -0.39 is 5.91 Å². The predicted molar refractivity (Wildman–Crippen MR) is 121 cm³/mol. The lowest BCUT2D eigenvalue weighted by atomic mass is 10.2. The van der Waals surface area contributed by atoms with E-state index in [1.54, 1.807) is 30.3 Å². The molecule has 0 spiro atoms. The van der Waals surface area contributed by atoms with Crippen LogP contribution in [-0.2, 0) is 6.61 Å². The zero-order chi connectivity index (χ0) is 22.5. The maximum Gasteiger partial charge on any atom is 0.307 e. The van der Waals surface area contributed by atoms with Gasteiger partial charge in [-0.15, -0.1) is 0 Å². The molecule has 7 nitrogen and oxygen atoms in total. The smallest absolute Gasteiger partial charge is 0.307 e. The Morgan fingerprint density at radius 3 is 2.47 bits per heavy atom. The van der Waals surface area contributed by atoms with Crippen LogP contribution in [0.15, 0.2) is 82.3 Å². The van der Waals surface area contributed by atoms with E-state index >= 15 is 0 Å². The largest absolute Gasteiger partial charge is 0.507 e. The number of para-hydroxylation sites is 1. The maximum absolute atomic E-state index is 12.2. The molecular formula is C25H23N3O4. The van der Waals surface area contributed by atoms with Crippen molar-refractivity contribution in [2.75, 3.05) is 0 Å². The van der Waals surface area contributed by atoms with E-state index in [9.17, 15) is 9.90 Å². The average Bonchev–Trinajstić information content (AvgIpc) is 3.40. The molecule has 4 rings (SSSR count). The zero-order valence-electron chi connectivity index (χ0n) is 17.8. The molecule has 0 saturated carbocycles. The van der Waals surface area contributed by atoms with E-state index in [-0.39, 0.29) is 18.1 Å². The van der Waals surface area contributed by atoms with Gasteiger partial charge in [-0.1, -0.05) is 12.1 Å². The lowest BCUT2D eigenvalue weighted by Crippen LogP contribution is -2.16. The summed E-state index contributed by atoms with van der Waals surface area (Å²) in [4.78, 5) is 12.2. The minimum atomic E-state index is -0.496. The standard InChI is InChI=1S/C25H23N3O4/c1-17-7-8-18(2)28(17)20-9-11-21(12-10-20)31-16-22-13-14-24(32-22)25(30)27-26-15-19-5-3-4-6-23(19)29/h3-15,29H,16H2,1-2H3,(H,27,30)/b26-15+. The molecule has 162 valence electrons. The highest BCUT2D eigenvalue weighted by molar-refractivity contribution is 5.92. The molecule has 0 saturated heterocycles. The molecule has 2 aromatic heterocycles. The van der Waals surface area contributed by atoms with Crippen molar-refractivity contribution >= 4 is 12.1 Å². The van der Waals surface area contributed by atoms with Gasteiger partial charge in [0.25, 0.3) is 0 Å². The fraction of sp³-hybridized carbons (Fsp3) is 0.120. The van der Waals surface area contributed by atoms with Crippen molar-refractivity contribution in [2.45, 2.75) is 20.5 Å². The molecule has 0 atom stereocenters. The number of hydrogen-bond donors (Lipinski definition) is 2. The number of ether oxygens (including phenoxy) is 1. The van der Waals surface area contributed by atoms with E-state index in [1.165, 1.54) is 23.7 Å². The van der Waals surface area contributed by atoms with Gasteiger partial charge in [0.05, 0.1) is 6.21 Å². The monoisotopic (exact) mass is 429 g/mol. The van der Waals surface area contributed by atoms with Crippen molar-refractivity contribution in [3.8, 4) is 17.2 Å². The number of hydrazone groups is 1. The number of nitrogens with zero attached hydrogens (tertiary/aromatic N) is 2. The van der Waals surface area contributed by atoms with Crippen molar-refractivity contribution in [1.29, 1.82) is 0 Å². The fourth-order valence-corrected chi connectivity index (χ4v) is 3.31. The van der Waals surface area contributed by atoms with Crippen molar-refractivity contribution in [3.05, 3.63) is 101 Å². The van der Waals surface area contributed by atoms with Gasteiger partial charge in [0.2, 0.25) is 0 Å². The number of benzene rings is 2. The minimum absolute atomic E-state index is 0.0783. The van der Waals surface area contributed by atoms with Crippen LogP contribution in [0.2, 0.25) is 0 Å². The summed E-state index contributed by atoms with van der Waals surface area (Å²) in [7, 11) is 0. The van der Waals surface area contributed by atoms with Gasteiger partial charge in [-0.2, -0.15) is 5.10 Å². The number of carbonyl (C=O) groups is 1. The van der Waals surface area contributed by atoms with Crippen LogP contribution in [0.25, 0.3) is 5.69 Å². The second-order valence-corrected chi connectivity index (χ2v) is 7.26. The third-order valence-corrected chi connectivity index (χ3v) is 4.94. The second kappa shape index (κ2) is 9.26. The quantitative estimate of drug-likeness (QED) is 0.328. The van der Waals surface area contributed by atoms with Gasteiger partial charge >= 0.3 is 5.91 Å². The molecule has 0 bridgehead atoms. The van der Waals surface area contributed by atoms with Crippen LogP contribution in [0.4, 0.5) is 0 Å². The molecular weight excluding hydrogens is 406 g/mol. The van der Waals surface area contributed by atoms with E-state index in [0.29, 0.717) is 17.1 Å². The van der Waals surface area contributed by atoms with E-state index in [2.05, 4.69) is 41.1 Å². The Bertz CT molecular complexity index is 1230. The lowest BCUT2D eigenvalue weighted by molar-refractivity contribution is 0.0923. The summed E-state index contributed by atoms with van der Waals surface area (Å²) in [5.41, 5.74) is 6.27. The van der Waals surface area contributed by atoms with Crippen molar-refractivity contribution in [3.63, 3.8) is 0 Å². The summed E-state index contributed by atoms with van der Waals surface area (Å²) < 4.78 is 13.5. The zero-order valence-corrected chi connectivity index (χ0v) is 17.8. The van der Waals surface area contributed by atoms with Gasteiger partial charge in [-0.3, -0.25) is 4.79 Å². The highest BCUT2D eigenvalue weighted by Gasteiger charge is 2.11. The molecule has 1 amide bonds. The topological polar surface area (TPSA) is 89.0 Å². The number of amides is 1. The Hall–Kier alpha value is -4.26. The SMILES string of the molecule is Cc1ccc(C)n1-c1ccc(OCc2ccc(C(=O)N/N=C/c3ccccc3O)o2)cc1. The molecule has 0 aliphatic carbocycles. The Morgan fingerprint density at radius 1 is 1.03 bits per heavy atom. The second-order valence-electron chi connectivity index (χ2n) is 7.26. The highest BCUT2D eigenvalue weighted by Crippen LogP contribution is 2.21. The van der Waals surface area contributed by atoms with Gasteiger partial charge in [-0.25, -0.2) is 5.43 Å². The number of rotatable bonds is 7. The number of hydrogen-bond acceptors (Lipinski definition) is 5. The van der Waals surface area contributed by atoms with Crippen LogP contribution in [0.5, 0.6) is 11.5 Å². The summed E-state index contributed by atoms with van der Waals surface area (Å²) in [5, 5.41) is 13.5. The number of aromatic nitrogens is 1. The Morgan fingerprint density at radius 2 is 1.75 bits per heavy atom. The van der Waals surface area contributed by atoms with Crippen LogP contribution < -0.4 is 10.2 Å². The molecule has 7 heteroatoms. The molecule has 0 aliphatic heterocycles. The molecule has 4 aromatic rings. The summed E-state index contributed by atoms with van der Waals surface area (Å²) >= 11 is 0. The van der Waals surface area contributed by atoms with Gasteiger partial charge < -0.3 is 18.8 Å². The first kappa shape index (κ1) is 21.0. The maximum atomic E-state index is 12.2. The number of phenolic OH excluding ortho intramolecular Hbond substituents is 1. The molecule has 0 aliphatic rings. The molecule has 0 radical (unpaired) electrons. The van der Waals surface area contributed by atoms with E-state index in [1.807, 2.05) is 24.3 Å². The van der Waals surface area contributed by atoms with Crippen LogP contribution in [0.1, 0.15) is 33.3 Å². The third kappa shape index (κ3) is 4.73. The van der Waals surface area contributed by atoms with Crippen molar-refractivity contribution in [2.24, 2.45) is 5.10 Å². The number of furan rings is 1. The highest BCUT2D eigenvalue weighted by atomic mass is 16.5. The Balaban J connectivity index is 1.32. The molecule has 2 aromatic carbocycles. The number of aromatic hydroxyl groups is 1. The van der Waals surface area contributed by atoms with Crippen molar-refractivity contribution < 1.29 is 19.1 Å². The van der Waals surface area contributed by atoms with Gasteiger partial charge in [-0.05, 0) is 74.5 Å². The average molecular weight is 429 g/mol. The normalized spacial score (nSPS) is 11.1. The summed E-state index contributed by atoms with van der Waals surface area (Å²) in [5.74, 6) is 0.915. The summed E-state index contributed by atoms with van der Waals surface area (Å²) in [6, 6.07) is 21.9. The van der Waals surface area contributed by atoms with Crippen LogP contribution in [-0.4, -0.2) is 21.8 Å². The number of nitrogens with one attached hydrogen (secondary N) is 1. The number of phenols is 1. The third-order valence-electron chi connectivity index (χ3n) is 4.94. The minimum Gasteiger partial charge on any atom is -0.507 e. The van der Waals surface area contributed by atoms with Crippen LogP contribution in [0, 0.1) is 13.8 Å². The summed E-state index contributed by atoms with van der Waals surface area (Å²) in [6.45, 7) is 4.33. The number of aryl methyl sites for hydroxylation is 2. The first-order valence-corrected chi connectivity index (χ1v) is 10.1.